The molecule has 0 spiro atoms. The van der Waals surface area contributed by atoms with Crippen LogP contribution in [0.4, 0.5) is 0 Å². The number of carbonyl (C=O) groups excluding carboxylic acids is 1. The summed E-state index contributed by atoms with van der Waals surface area (Å²) in [7, 11) is 0. The van der Waals surface area contributed by atoms with Crippen molar-refractivity contribution in [1.82, 2.24) is 5.32 Å². The van der Waals surface area contributed by atoms with Crippen LogP contribution < -0.4 is 5.32 Å². The Labute approximate surface area is 109 Å². The fourth-order valence-electron chi connectivity index (χ4n) is 1.55. The third-order valence-electron chi connectivity index (χ3n) is 2.53. The molecular formula is C13H15NO3S. The molecule has 0 saturated heterocycles. The molecule has 0 aromatic carbocycles. The second-order valence-electron chi connectivity index (χ2n) is 4.00. The Balaban J connectivity index is 1.79. The maximum absolute atomic E-state index is 11.6. The number of furan rings is 1. The van der Waals surface area contributed by atoms with E-state index in [4.69, 9.17) is 4.42 Å². The predicted octanol–water partition coefficient (Wildman–Crippen LogP) is 2.37. The number of amides is 1. The minimum Gasteiger partial charge on any atom is -0.472 e. The second-order valence-corrected chi connectivity index (χ2v) is 5.20. The first-order chi connectivity index (χ1) is 8.66. The molecule has 1 atom stereocenters. The van der Waals surface area contributed by atoms with Crippen LogP contribution >= 0.6 is 11.3 Å². The van der Waals surface area contributed by atoms with E-state index >= 15 is 0 Å². The first-order valence-electron chi connectivity index (χ1n) is 5.74. The lowest BCUT2D eigenvalue weighted by Gasteiger charge is -2.02. The van der Waals surface area contributed by atoms with E-state index in [0.29, 0.717) is 12.1 Å². The highest BCUT2D eigenvalue weighted by molar-refractivity contribution is 7.12. The van der Waals surface area contributed by atoms with Gasteiger partial charge in [0.25, 0.3) is 5.91 Å². The molecule has 0 unspecified atom stereocenters. The van der Waals surface area contributed by atoms with Crippen molar-refractivity contribution in [3.63, 3.8) is 0 Å². The van der Waals surface area contributed by atoms with Gasteiger partial charge >= 0.3 is 0 Å². The van der Waals surface area contributed by atoms with E-state index in [1.807, 2.05) is 12.1 Å². The van der Waals surface area contributed by atoms with E-state index in [1.165, 1.54) is 12.5 Å². The monoisotopic (exact) mass is 265 g/mol. The smallest absolute Gasteiger partial charge is 0.254 e. The van der Waals surface area contributed by atoms with Crippen molar-refractivity contribution in [2.75, 3.05) is 6.54 Å². The Hall–Kier alpha value is -1.59. The van der Waals surface area contributed by atoms with Crippen LogP contribution in [0.5, 0.6) is 0 Å². The lowest BCUT2D eigenvalue weighted by atomic mass is 10.3. The van der Waals surface area contributed by atoms with Gasteiger partial charge in [0, 0.05) is 16.3 Å². The molecule has 2 heterocycles. The fourth-order valence-corrected chi connectivity index (χ4v) is 2.50. The summed E-state index contributed by atoms with van der Waals surface area (Å²) >= 11 is 1.57. The van der Waals surface area contributed by atoms with Gasteiger partial charge in [0.2, 0.25) is 0 Å². The number of hydrogen-bond donors (Lipinski definition) is 2. The predicted molar refractivity (Wildman–Crippen MR) is 69.7 cm³/mol. The minimum atomic E-state index is -0.427. The highest BCUT2D eigenvalue weighted by atomic mass is 32.1. The molecule has 2 N–H and O–H groups in total. The molecule has 0 radical (unpaired) electrons. The zero-order chi connectivity index (χ0) is 13.0. The van der Waals surface area contributed by atoms with Crippen LogP contribution in [0.1, 0.15) is 33.1 Å². The number of hydrogen-bond acceptors (Lipinski definition) is 4. The molecule has 0 bridgehead atoms. The summed E-state index contributed by atoms with van der Waals surface area (Å²) in [5.74, 6) is -0.129. The summed E-state index contributed by atoms with van der Waals surface area (Å²) in [6, 6.07) is 5.53. The van der Waals surface area contributed by atoms with Gasteiger partial charge in [-0.3, -0.25) is 4.79 Å². The Kier molecular flexibility index (Phi) is 4.17. The highest BCUT2D eigenvalue weighted by Gasteiger charge is 2.07. The number of thiophene rings is 1. The Morgan fingerprint density at radius 1 is 1.50 bits per heavy atom. The average molecular weight is 265 g/mol. The Morgan fingerprint density at radius 3 is 2.94 bits per heavy atom. The summed E-state index contributed by atoms with van der Waals surface area (Å²) in [6.45, 7) is 2.32. The van der Waals surface area contributed by atoms with Gasteiger partial charge in [0.05, 0.1) is 17.9 Å². The summed E-state index contributed by atoms with van der Waals surface area (Å²) in [6.07, 6.45) is 3.24. The molecule has 0 aliphatic heterocycles. The first-order valence-corrected chi connectivity index (χ1v) is 6.55. The van der Waals surface area contributed by atoms with Crippen molar-refractivity contribution in [2.24, 2.45) is 0 Å². The molecule has 96 valence electrons. The number of rotatable bonds is 5. The second kappa shape index (κ2) is 5.84. The Morgan fingerprint density at radius 2 is 2.33 bits per heavy atom. The topological polar surface area (TPSA) is 62.5 Å². The van der Waals surface area contributed by atoms with Crippen LogP contribution in [0.2, 0.25) is 0 Å². The van der Waals surface area contributed by atoms with Gasteiger partial charge < -0.3 is 14.8 Å². The summed E-state index contributed by atoms with van der Waals surface area (Å²) in [5.41, 5.74) is 0.533. The van der Waals surface area contributed by atoms with E-state index in [0.717, 1.165) is 16.2 Å². The summed E-state index contributed by atoms with van der Waals surface area (Å²) in [5, 5.41) is 12.2. The Bertz CT molecular complexity index is 502. The van der Waals surface area contributed by atoms with E-state index < -0.39 is 6.10 Å². The molecule has 4 nitrogen and oxygen atoms in total. The van der Waals surface area contributed by atoms with Crippen molar-refractivity contribution in [3.8, 4) is 0 Å². The van der Waals surface area contributed by atoms with Gasteiger partial charge in [-0.15, -0.1) is 11.3 Å². The molecule has 2 aromatic rings. The molecule has 0 aliphatic rings. The zero-order valence-corrected chi connectivity index (χ0v) is 10.9. The highest BCUT2D eigenvalue weighted by Crippen LogP contribution is 2.22. The minimum absolute atomic E-state index is 0.129. The molecule has 2 aromatic heterocycles. The molecule has 5 heteroatoms. The quantitative estimate of drug-likeness (QED) is 0.872. The summed E-state index contributed by atoms with van der Waals surface area (Å²) < 4.78 is 4.84. The maximum atomic E-state index is 11.6. The average Bonchev–Trinajstić information content (AvgIpc) is 3.00. The number of aliphatic hydroxyl groups excluding tert-OH is 1. The fraction of sp³-hybridized carbons (Fsp3) is 0.308. The van der Waals surface area contributed by atoms with Gasteiger partial charge in [0.1, 0.15) is 6.26 Å². The van der Waals surface area contributed by atoms with Crippen LogP contribution in [0.3, 0.4) is 0 Å². The molecule has 0 fully saturated rings. The molecule has 2 rings (SSSR count). The van der Waals surface area contributed by atoms with Crippen LogP contribution in [-0.4, -0.2) is 17.6 Å². The number of nitrogens with one attached hydrogen (secondary N) is 1. The largest absolute Gasteiger partial charge is 0.472 e. The third-order valence-corrected chi connectivity index (χ3v) is 3.85. The van der Waals surface area contributed by atoms with Gasteiger partial charge in [0.15, 0.2) is 0 Å². The summed E-state index contributed by atoms with van der Waals surface area (Å²) in [4.78, 5) is 13.7. The van der Waals surface area contributed by atoms with Crippen LogP contribution in [0, 0.1) is 0 Å². The van der Waals surface area contributed by atoms with E-state index in [1.54, 1.807) is 24.3 Å². The standard InChI is InChI=1S/C13H15NO3S/c1-9(15)12-3-2-11(18-12)4-6-14-13(16)10-5-7-17-8-10/h2-3,5,7-9,15H,4,6H2,1H3,(H,14,16)/t9-/m1/s1. The van der Waals surface area contributed by atoms with Gasteiger partial charge in [-0.05, 0) is 31.5 Å². The molecule has 0 saturated carbocycles. The molecule has 0 aliphatic carbocycles. The third kappa shape index (κ3) is 3.21. The first kappa shape index (κ1) is 12.9. The van der Waals surface area contributed by atoms with Crippen molar-refractivity contribution >= 4 is 17.2 Å². The van der Waals surface area contributed by atoms with Crippen molar-refractivity contribution in [2.45, 2.75) is 19.4 Å². The normalized spacial score (nSPS) is 12.3. The van der Waals surface area contributed by atoms with Crippen LogP contribution in [-0.2, 0) is 6.42 Å². The van der Waals surface area contributed by atoms with E-state index in [2.05, 4.69) is 5.32 Å². The molecule has 18 heavy (non-hydrogen) atoms. The molecular weight excluding hydrogens is 250 g/mol. The molecule has 1 amide bonds. The van der Waals surface area contributed by atoms with E-state index in [-0.39, 0.29) is 5.91 Å². The maximum Gasteiger partial charge on any atom is 0.254 e. The number of carbonyl (C=O) groups is 1. The lowest BCUT2D eigenvalue weighted by Crippen LogP contribution is -2.24. The van der Waals surface area contributed by atoms with Gasteiger partial charge in [-0.25, -0.2) is 0 Å². The van der Waals surface area contributed by atoms with Gasteiger partial charge in [-0.2, -0.15) is 0 Å². The number of aliphatic hydroxyl groups is 1. The van der Waals surface area contributed by atoms with Crippen LogP contribution in [0.15, 0.2) is 35.1 Å². The lowest BCUT2D eigenvalue weighted by molar-refractivity contribution is 0.0953. The van der Waals surface area contributed by atoms with Gasteiger partial charge in [-0.1, -0.05) is 0 Å². The van der Waals surface area contributed by atoms with Crippen molar-refractivity contribution in [3.05, 3.63) is 46.0 Å². The van der Waals surface area contributed by atoms with E-state index in [9.17, 15) is 9.90 Å². The van der Waals surface area contributed by atoms with Crippen LogP contribution in [0.25, 0.3) is 0 Å². The SMILES string of the molecule is C[C@@H](O)c1ccc(CCNC(=O)c2ccoc2)s1. The van der Waals surface area contributed by atoms with Crippen molar-refractivity contribution < 1.29 is 14.3 Å². The zero-order valence-electron chi connectivity index (χ0n) is 10.1. The van der Waals surface area contributed by atoms with Crippen molar-refractivity contribution in [1.29, 1.82) is 0 Å².